The average Bonchev–Trinajstić information content (AvgIpc) is 2.19. The molecule has 0 bridgehead atoms. The molecule has 1 aliphatic carbocycles. The van der Waals surface area contributed by atoms with Crippen molar-refractivity contribution < 1.29 is 14.6 Å². The van der Waals surface area contributed by atoms with Crippen LogP contribution in [0.25, 0.3) is 0 Å². The van der Waals surface area contributed by atoms with Crippen molar-refractivity contribution in [1.29, 1.82) is 0 Å². The molecular weight excluding hydrogens is 180 g/mol. The van der Waals surface area contributed by atoms with Gasteiger partial charge in [0.05, 0.1) is 6.61 Å². The van der Waals surface area contributed by atoms with Crippen LogP contribution in [0, 0.1) is 11.8 Å². The van der Waals surface area contributed by atoms with E-state index in [0.29, 0.717) is 31.5 Å². The molecule has 0 aliphatic heterocycles. The lowest BCUT2D eigenvalue weighted by Gasteiger charge is -2.26. The lowest BCUT2D eigenvalue weighted by molar-refractivity contribution is -0.144. The molecule has 1 saturated carbocycles. The number of aliphatic hydroxyl groups excluding tert-OH is 1. The summed E-state index contributed by atoms with van der Waals surface area (Å²) in [7, 11) is 0. The Morgan fingerprint density at radius 2 is 1.86 bits per heavy atom. The van der Waals surface area contributed by atoms with E-state index in [4.69, 9.17) is 9.84 Å². The zero-order chi connectivity index (χ0) is 10.4. The first-order valence-electron chi connectivity index (χ1n) is 5.52. The van der Waals surface area contributed by atoms with Gasteiger partial charge in [0.2, 0.25) is 0 Å². The Kier molecular flexibility index (Phi) is 4.94. The van der Waals surface area contributed by atoms with E-state index in [9.17, 15) is 4.79 Å². The zero-order valence-corrected chi connectivity index (χ0v) is 8.87. The van der Waals surface area contributed by atoms with E-state index < -0.39 is 0 Å². The number of carbonyl (C=O) groups excluding carboxylic acids is 1. The fourth-order valence-electron chi connectivity index (χ4n) is 2.07. The number of hydrogen-bond acceptors (Lipinski definition) is 3. The first kappa shape index (κ1) is 11.5. The van der Waals surface area contributed by atoms with Gasteiger partial charge in [-0.25, -0.2) is 0 Å². The minimum atomic E-state index is -0.0695. The maximum atomic E-state index is 11.2. The van der Waals surface area contributed by atoms with Gasteiger partial charge in [-0.05, 0) is 44.4 Å². The van der Waals surface area contributed by atoms with Crippen LogP contribution in [0.3, 0.4) is 0 Å². The molecule has 0 radical (unpaired) electrons. The highest BCUT2D eigenvalue weighted by Gasteiger charge is 2.22. The van der Waals surface area contributed by atoms with Crippen LogP contribution in [-0.4, -0.2) is 24.3 Å². The molecule has 0 unspecified atom stereocenters. The molecule has 1 rings (SSSR count). The van der Waals surface area contributed by atoms with Gasteiger partial charge in [-0.15, -0.1) is 0 Å². The van der Waals surface area contributed by atoms with E-state index in [-0.39, 0.29) is 5.97 Å². The molecule has 82 valence electrons. The van der Waals surface area contributed by atoms with Gasteiger partial charge >= 0.3 is 5.97 Å². The maximum Gasteiger partial charge on any atom is 0.306 e. The van der Waals surface area contributed by atoms with Crippen LogP contribution in [-0.2, 0) is 9.53 Å². The summed E-state index contributed by atoms with van der Waals surface area (Å²) >= 11 is 0. The third-order valence-corrected chi connectivity index (χ3v) is 2.99. The van der Waals surface area contributed by atoms with Gasteiger partial charge in [0, 0.05) is 13.0 Å². The highest BCUT2D eigenvalue weighted by molar-refractivity contribution is 5.69. The molecule has 0 atom stereocenters. The van der Waals surface area contributed by atoms with E-state index in [1.807, 2.05) is 6.92 Å². The summed E-state index contributed by atoms with van der Waals surface area (Å²) in [6, 6.07) is 0. The van der Waals surface area contributed by atoms with Crippen molar-refractivity contribution in [2.75, 3.05) is 13.2 Å². The van der Waals surface area contributed by atoms with Crippen molar-refractivity contribution in [2.24, 2.45) is 11.8 Å². The van der Waals surface area contributed by atoms with E-state index in [2.05, 4.69) is 0 Å². The fourth-order valence-corrected chi connectivity index (χ4v) is 2.07. The summed E-state index contributed by atoms with van der Waals surface area (Å²) in [5, 5.41) is 8.95. The van der Waals surface area contributed by atoms with Gasteiger partial charge in [-0.3, -0.25) is 4.79 Å². The summed E-state index contributed by atoms with van der Waals surface area (Å²) in [6.07, 6.45) is 4.79. The summed E-state index contributed by atoms with van der Waals surface area (Å²) in [4.78, 5) is 11.2. The topological polar surface area (TPSA) is 46.5 Å². The molecule has 0 saturated heterocycles. The first-order chi connectivity index (χ1) is 6.76. The number of rotatable bonds is 4. The van der Waals surface area contributed by atoms with Gasteiger partial charge in [-0.2, -0.15) is 0 Å². The zero-order valence-electron chi connectivity index (χ0n) is 8.87. The number of hydrogen-bond donors (Lipinski definition) is 1. The smallest absolute Gasteiger partial charge is 0.306 e. The summed E-state index contributed by atoms with van der Waals surface area (Å²) in [5.74, 6) is 0.880. The van der Waals surface area contributed by atoms with Crippen LogP contribution in [0.2, 0.25) is 0 Å². The molecule has 1 N–H and O–H groups in total. The largest absolute Gasteiger partial charge is 0.466 e. The lowest BCUT2D eigenvalue weighted by Crippen LogP contribution is -2.20. The van der Waals surface area contributed by atoms with E-state index in [1.54, 1.807) is 0 Å². The van der Waals surface area contributed by atoms with Crippen LogP contribution >= 0.6 is 0 Å². The van der Waals surface area contributed by atoms with Crippen LogP contribution in [0.1, 0.15) is 39.0 Å². The Bertz CT molecular complexity index is 171. The van der Waals surface area contributed by atoms with Crippen molar-refractivity contribution in [1.82, 2.24) is 0 Å². The molecule has 0 aromatic carbocycles. The molecule has 0 heterocycles. The van der Waals surface area contributed by atoms with Crippen LogP contribution in [0.5, 0.6) is 0 Å². The minimum Gasteiger partial charge on any atom is -0.466 e. The highest BCUT2D eigenvalue weighted by atomic mass is 16.5. The lowest BCUT2D eigenvalue weighted by atomic mass is 9.81. The van der Waals surface area contributed by atoms with Crippen LogP contribution < -0.4 is 0 Å². The average molecular weight is 200 g/mol. The van der Waals surface area contributed by atoms with Crippen LogP contribution in [0.4, 0.5) is 0 Å². The quantitative estimate of drug-likeness (QED) is 0.703. The summed E-state index contributed by atoms with van der Waals surface area (Å²) in [5.41, 5.74) is 0. The molecule has 0 spiro atoms. The molecule has 3 heteroatoms. The summed E-state index contributed by atoms with van der Waals surface area (Å²) in [6.45, 7) is 2.61. The normalized spacial score (nSPS) is 27.3. The molecule has 3 nitrogen and oxygen atoms in total. The second kappa shape index (κ2) is 6.02. The number of aliphatic hydroxyl groups is 1. The van der Waals surface area contributed by atoms with Crippen LogP contribution in [0.15, 0.2) is 0 Å². The standard InChI is InChI=1S/C11H20O3/c1-2-14-11(13)7-9-3-5-10(8-12)6-4-9/h9-10,12H,2-8H2,1H3/t9-,10+. The van der Waals surface area contributed by atoms with Crippen molar-refractivity contribution in [3.8, 4) is 0 Å². The Labute approximate surface area is 85.5 Å². The van der Waals surface area contributed by atoms with Gasteiger partial charge < -0.3 is 9.84 Å². The monoisotopic (exact) mass is 200 g/mol. The van der Waals surface area contributed by atoms with Gasteiger partial charge in [0.1, 0.15) is 0 Å². The second-order valence-corrected chi connectivity index (χ2v) is 4.08. The van der Waals surface area contributed by atoms with Crippen molar-refractivity contribution in [3.63, 3.8) is 0 Å². The Morgan fingerprint density at radius 1 is 1.29 bits per heavy atom. The third kappa shape index (κ3) is 3.66. The van der Waals surface area contributed by atoms with Gasteiger partial charge in [-0.1, -0.05) is 0 Å². The molecule has 0 aromatic rings. The highest BCUT2D eigenvalue weighted by Crippen LogP contribution is 2.30. The molecular formula is C11H20O3. The predicted molar refractivity (Wildman–Crippen MR) is 53.8 cm³/mol. The van der Waals surface area contributed by atoms with Gasteiger partial charge in [0.25, 0.3) is 0 Å². The van der Waals surface area contributed by atoms with Crippen molar-refractivity contribution in [2.45, 2.75) is 39.0 Å². The van der Waals surface area contributed by atoms with E-state index >= 15 is 0 Å². The minimum absolute atomic E-state index is 0.0695. The summed E-state index contributed by atoms with van der Waals surface area (Å²) < 4.78 is 4.91. The van der Waals surface area contributed by atoms with E-state index in [0.717, 1.165) is 25.7 Å². The fraction of sp³-hybridized carbons (Fsp3) is 0.909. The van der Waals surface area contributed by atoms with Crippen molar-refractivity contribution >= 4 is 5.97 Å². The third-order valence-electron chi connectivity index (χ3n) is 2.99. The number of ether oxygens (including phenoxy) is 1. The Hall–Kier alpha value is -0.570. The number of carbonyl (C=O) groups is 1. The SMILES string of the molecule is CCOC(=O)C[C@H]1CC[C@@H](CO)CC1. The Morgan fingerprint density at radius 3 is 2.36 bits per heavy atom. The second-order valence-electron chi connectivity index (χ2n) is 4.08. The molecule has 14 heavy (non-hydrogen) atoms. The van der Waals surface area contributed by atoms with Gasteiger partial charge in [0.15, 0.2) is 0 Å². The predicted octanol–water partition coefficient (Wildman–Crippen LogP) is 1.74. The molecule has 0 amide bonds. The first-order valence-corrected chi connectivity index (χ1v) is 5.52. The molecule has 1 aliphatic rings. The van der Waals surface area contributed by atoms with E-state index in [1.165, 1.54) is 0 Å². The Balaban J connectivity index is 2.18. The molecule has 0 aromatic heterocycles. The van der Waals surface area contributed by atoms with Crippen molar-refractivity contribution in [3.05, 3.63) is 0 Å². The number of esters is 1. The maximum absolute atomic E-state index is 11.2. The molecule has 1 fully saturated rings.